The molecule has 102 valence electrons. The zero-order valence-electron chi connectivity index (χ0n) is 11.0. The Hall–Kier alpha value is -1.33. The molecule has 1 aliphatic rings. The van der Waals surface area contributed by atoms with Crippen molar-refractivity contribution in [3.05, 3.63) is 35.4 Å². The Bertz CT molecular complexity index is 455. The Morgan fingerprint density at radius 3 is 2.32 bits per heavy atom. The lowest BCUT2D eigenvalue weighted by Gasteiger charge is -2.14. The van der Waals surface area contributed by atoms with Gasteiger partial charge in [-0.1, -0.05) is 19.1 Å². The molecule has 0 fully saturated rings. The molecule has 1 atom stereocenters. The number of imide groups is 1. The van der Waals surface area contributed by atoms with Gasteiger partial charge in [-0.2, -0.15) is 11.8 Å². The highest BCUT2D eigenvalue weighted by molar-refractivity contribution is 7.99. The SMILES string of the molecule is CC(CN)SCCCN1C(=O)c2ccccc2C1=O. The summed E-state index contributed by atoms with van der Waals surface area (Å²) in [6.07, 6.45) is 0.806. The number of amides is 2. The number of nitrogens with two attached hydrogens (primary N) is 1. The highest BCUT2D eigenvalue weighted by Crippen LogP contribution is 2.22. The molecular weight excluding hydrogens is 260 g/mol. The van der Waals surface area contributed by atoms with Crippen LogP contribution in [0.2, 0.25) is 0 Å². The first-order valence-corrected chi connectivity index (χ1v) is 7.47. The third-order valence-electron chi connectivity index (χ3n) is 3.14. The maximum atomic E-state index is 12.1. The van der Waals surface area contributed by atoms with E-state index in [2.05, 4.69) is 6.92 Å². The molecule has 19 heavy (non-hydrogen) atoms. The van der Waals surface area contributed by atoms with E-state index in [1.807, 2.05) is 0 Å². The number of thioether (sulfide) groups is 1. The molecule has 0 aliphatic carbocycles. The maximum Gasteiger partial charge on any atom is 0.261 e. The summed E-state index contributed by atoms with van der Waals surface area (Å²) in [6, 6.07) is 6.99. The fraction of sp³-hybridized carbons (Fsp3) is 0.429. The molecule has 1 aromatic carbocycles. The summed E-state index contributed by atoms with van der Waals surface area (Å²) >= 11 is 1.77. The molecule has 0 spiro atoms. The molecule has 0 radical (unpaired) electrons. The second-order valence-corrected chi connectivity index (χ2v) is 6.12. The number of carbonyl (C=O) groups excluding carboxylic acids is 2. The molecule has 2 amide bonds. The van der Waals surface area contributed by atoms with E-state index in [-0.39, 0.29) is 11.8 Å². The fourth-order valence-corrected chi connectivity index (χ4v) is 2.85. The zero-order valence-corrected chi connectivity index (χ0v) is 11.8. The van der Waals surface area contributed by atoms with E-state index in [0.717, 1.165) is 12.2 Å². The van der Waals surface area contributed by atoms with Crippen molar-refractivity contribution in [3.63, 3.8) is 0 Å². The van der Waals surface area contributed by atoms with Crippen LogP contribution in [0.25, 0.3) is 0 Å². The Labute approximate surface area is 117 Å². The van der Waals surface area contributed by atoms with Crippen molar-refractivity contribution in [1.29, 1.82) is 0 Å². The summed E-state index contributed by atoms with van der Waals surface area (Å²) in [5.74, 6) is 0.570. The zero-order chi connectivity index (χ0) is 13.8. The summed E-state index contributed by atoms with van der Waals surface area (Å²) in [7, 11) is 0. The summed E-state index contributed by atoms with van der Waals surface area (Å²) in [5, 5.41) is 0.419. The van der Waals surface area contributed by atoms with E-state index >= 15 is 0 Å². The Balaban J connectivity index is 1.90. The average molecular weight is 278 g/mol. The van der Waals surface area contributed by atoms with E-state index in [1.54, 1.807) is 36.0 Å². The molecule has 0 aromatic heterocycles. The van der Waals surface area contributed by atoms with Gasteiger partial charge in [-0.25, -0.2) is 0 Å². The number of carbonyl (C=O) groups is 2. The Kier molecular flexibility index (Phi) is 4.61. The minimum atomic E-state index is -0.169. The smallest absolute Gasteiger partial charge is 0.261 e. The molecule has 1 aliphatic heterocycles. The summed E-state index contributed by atoms with van der Waals surface area (Å²) in [5.41, 5.74) is 6.59. The lowest BCUT2D eigenvalue weighted by Crippen LogP contribution is -2.31. The number of hydrogen-bond acceptors (Lipinski definition) is 4. The normalized spacial score (nSPS) is 15.8. The van der Waals surface area contributed by atoms with Crippen LogP contribution in [-0.4, -0.2) is 40.8 Å². The number of hydrogen-bond donors (Lipinski definition) is 1. The van der Waals surface area contributed by atoms with Crippen LogP contribution in [0.3, 0.4) is 0 Å². The molecule has 2 rings (SSSR count). The monoisotopic (exact) mass is 278 g/mol. The van der Waals surface area contributed by atoms with Gasteiger partial charge >= 0.3 is 0 Å². The van der Waals surface area contributed by atoms with Crippen molar-refractivity contribution in [1.82, 2.24) is 4.90 Å². The largest absolute Gasteiger partial charge is 0.329 e. The molecule has 1 aromatic rings. The molecule has 1 heterocycles. The molecule has 1 unspecified atom stereocenters. The number of rotatable bonds is 6. The lowest BCUT2D eigenvalue weighted by atomic mass is 10.1. The van der Waals surface area contributed by atoms with Crippen molar-refractivity contribution in [2.75, 3.05) is 18.8 Å². The van der Waals surface area contributed by atoms with E-state index in [1.165, 1.54) is 4.90 Å². The van der Waals surface area contributed by atoms with Gasteiger partial charge < -0.3 is 5.73 Å². The first-order valence-electron chi connectivity index (χ1n) is 6.42. The maximum absolute atomic E-state index is 12.1. The number of nitrogens with zero attached hydrogens (tertiary/aromatic N) is 1. The second-order valence-electron chi connectivity index (χ2n) is 4.58. The van der Waals surface area contributed by atoms with Crippen molar-refractivity contribution in [3.8, 4) is 0 Å². The van der Waals surface area contributed by atoms with Gasteiger partial charge in [0, 0.05) is 18.3 Å². The van der Waals surface area contributed by atoms with Gasteiger partial charge in [0.05, 0.1) is 11.1 Å². The van der Waals surface area contributed by atoms with Crippen LogP contribution in [0, 0.1) is 0 Å². The van der Waals surface area contributed by atoms with Gasteiger partial charge in [0.1, 0.15) is 0 Å². The average Bonchev–Trinajstić information content (AvgIpc) is 2.68. The molecule has 0 saturated carbocycles. The summed E-state index contributed by atoms with van der Waals surface area (Å²) in [4.78, 5) is 25.5. The van der Waals surface area contributed by atoms with Crippen LogP contribution >= 0.6 is 11.8 Å². The molecular formula is C14H18N2O2S. The van der Waals surface area contributed by atoms with Gasteiger partial charge in [0.25, 0.3) is 11.8 Å². The third kappa shape index (κ3) is 2.98. The van der Waals surface area contributed by atoms with Crippen LogP contribution in [0.5, 0.6) is 0 Å². The highest BCUT2D eigenvalue weighted by atomic mass is 32.2. The van der Waals surface area contributed by atoms with Crippen molar-refractivity contribution < 1.29 is 9.59 Å². The van der Waals surface area contributed by atoms with Gasteiger partial charge in [0.15, 0.2) is 0 Å². The minimum Gasteiger partial charge on any atom is -0.329 e. The standard InChI is InChI=1S/C14H18N2O2S/c1-10(9-15)19-8-4-7-16-13(17)11-5-2-3-6-12(11)14(16)18/h2-3,5-6,10H,4,7-9,15H2,1H3. The third-order valence-corrected chi connectivity index (χ3v) is 4.42. The van der Waals surface area contributed by atoms with Crippen LogP contribution < -0.4 is 5.73 Å². The Morgan fingerprint density at radius 2 is 1.79 bits per heavy atom. The first-order chi connectivity index (χ1) is 9.15. The first kappa shape index (κ1) is 14.1. The van der Waals surface area contributed by atoms with Crippen LogP contribution in [0.1, 0.15) is 34.1 Å². The van der Waals surface area contributed by atoms with Crippen molar-refractivity contribution in [2.45, 2.75) is 18.6 Å². The van der Waals surface area contributed by atoms with Crippen LogP contribution in [0.15, 0.2) is 24.3 Å². The van der Waals surface area contributed by atoms with E-state index < -0.39 is 0 Å². The number of benzene rings is 1. The summed E-state index contributed by atoms with van der Waals surface area (Å²) in [6.45, 7) is 3.21. The van der Waals surface area contributed by atoms with Crippen LogP contribution in [0.4, 0.5) is 0 Å². The van der Waals surface area contributed by atoms with Gasteiger partial charge in [-0.05, 0) is 24.3 Å². The van der Waals surface area contributed by atoms with Gasteiger partial charge in [0.2, 0.25) is 0 Å². The van der Waals surface area contributed by atoms with Crippen LogP contribution in [-0.2, 0) is 0 Å². The topological polar surface area (TPSA) is 63.4 Å². The van der Waals surface area contributed by atoms with E-state index in [4.69, 9.17) is 5.73 Å². The lowest BCUT2D eigenvalue weighted by molar-refractivity contribution is 0.0655. The summed E-state index contributed by atoms with van der Waals surface area (Å²) < 4.78 is 0. The predicted molar refractivity (Wildman–Crippen MR) is 77.4 cm³/mol. The quantitative estimate of drug-likeness (QED) is 0.636. The second kappa shape index (κ2) is 6.21. The Morgan fingerprint density at radius 1 is 1.21 bits per heavy atom. The minimum absolute atomic E-state index is 0.169. The highest BCUT2D eigenvalue weighted by Gasteiger charge is 2.34. The van der Waals surface area contributed by atoms with E-state index in [0.29, 0.717) is 29.5 Å². The fourth-order valence-electron chi connectivity index (χ4n) is 2.02. The molecule has 4 nitrogen and oxygen atoms in total. The number of fused-ring (bicyclic) bond motifs is 1. The molecule has 5 heteroatoms. The molecule has 0 bridgehead atoms. The molecule has 2 N–H and O–H groups in total. The van der Waals surface area contributed by atoms with Crippen molar-refractivity contribution in [2.24, 2.45) is 5.73 Å². The van der Waals surface area contributed by atoms with Gasteiger partial charge in [-0.15, -0.1) is 0 Å². The predicted octanol–water partition coefficient (Wildman–Crippen LogP) is 1.75. The van der Waals surface area contributed by atoms with E-state index in [9.17, 15) is 9.59 Å². The van der Waals surface area contributed by atoms with Gasteiger partial charge in [-0.3, -0.25) is 14.5 Å². The van der Waals surface area contributed by atoms with Crippen molar-refractivity contribution >= 4 is 23.6 Å². The molecule has 0 saturated heterocycles.